The standard InChI is InChI=1S/C21H26N4O4S/c1-13-9-14(2)19(15(3)10-13)30(28,29)25-7-4-5-18(25)21(27)24-8-6-16-17(11-24)22-12-23-20(16)26/h9-10,12,18H,4-8,11H2,1-3H3,(H,22,23,26). The van der Waals surface area contributed by atoms with Crippen LogP contribution in [0.5, 0.6) is 0 Å². The van der Waals surface area contributed by atoms with Crippen LogP contribution in [0.25, 0.3) is 0 Å². The molecule has 0 spiro atoms. The number of nitrogens with one attached hydrogen (secondary N) is 1. The number of hydrogen-bond donors (Lipinski definition) is 1. The summed E-state index contributed by atoms with van der Waals surface area (Å²) in [5.41, 5.74) is 3.40. The summed E-state index contributed by atoms with van der Waals surface area (Å²) in [6.45, 7) is 6.47. The smallest absolute Gasteiger partial charge is 0.254 e. The van der Waals surface area contributed by atoms with Gasteiger partial charge in [0.25, 0.3) is 5.56 Å². The molecule has 1 amide bonds. The van der Waals surface area contributed by atoms with Crippen molar-refractivity contribution in [3.63, 3.8) is 0 Å². The van der Waals surface area contributed by atoms with Gasteiger partial charge in [0.05, 0.1) is 23.5 Å². The Labute approximate surface area is 176 Å². The number of fused-ring (bicyclic) bond motifs is 1. The van der Waals surface area contributed by atoms with Crippen molar-refractivity contribution in [1.82, 2.24) is 19.2 Å². The van der Waals surface area contributed by atoms with E-state index in [0.29, 0.717) is 59.6 Å². The van der Waals surface area contributed by atoms with Crippen LogP contribution in [-0.2, 0) is 27.8 Å². The van der Waals surface area contributed by atoms with Crippen molar-refractivity contribution in [2.45, 2.75) is 57.5 Å². The number of carbonyl (C=O) groups is 1. The first-order chi connectivity index (χ1) is 14.2. The van der Waals surface area contributed by atoms with Gasteiger partial charge in [-0.15, -0.1) is 0 Å². The van der Waals surface area contributed by atoms with Crippen molar-refractivity contribution in [2.24, 2.45) is 0 Å². The number of benzene rings is 1. The number of carbonyl (C=O) groups excluding carboxylic acids is 1. The lowest BCUT2D eigenvalue weighted by Gasteiger charge is -2.32. The fourth-order valence-electron chi connectivity index (χ4n) is 4.73. The van der Waals surface area contributed by atoms with Gasteiger partial charge in [-0.05, 0) is 51.2 Å². The molecule has 1 saturated heterocycles. The van der Waals surface area contributed by atoms with E-state index in [1.54, 1.807) is 18.7 Å². The lowest BCUT2D eigenvalue weighted by Crippen LogP contribution is -2.49. The Morgan fingerprint density at radius 2 is 1.87 bits per heavy atom. The second-order valence-corrected chi connectivity index (χ2v) is 10.00. The topological polar surface area (TPSA) is 103 Å². The predicted octanol–water partition coefficient (Wildman–Crippen LogP) is 1.43. The number of nitrogens with zero attached hydrogens (tertiary/aromatic N) is 3. The summed E-state index contributed by atoms with van der Waals surface area (Å²) in [6.07, 6.45) is 2.89. The van der Waals surface area contributed by atoms with E-state index in [1.165, 1.54) is 10.6 Å². The maximum absolute atomic E-state index is 13.5. The molecular weight excluding hydrogens is 404 g/mol. The first-order valence-electron chi connectivity index (χ1n) is 10.1. The van der Waals surface area contributed by atoms with Gasteiger partial charge in [-0.1, -0.05) is 17.7 Å². The average Bonchev–Trinajstić information content (AvgIpc) is 3.17. The normalized spacial score (nSPS) is 19.7. The second kappa shape index (κ2) is 7.63. The maximum Gasteiger partial charge on any atom is 0.254 e. The van der Waals surface area contributed by atoms with Gasteiger partial charge in [0.15, 0.2) is 0 Å². The Kier molecular flexibility index (Phi) is 5.27. The Balaban J connectivity index is 1.63. The van der Waals surface area contributed by atoms with Gasteiger partial charge in [0.2, 0.25) is 15.9 Å². The number of aromatic nitrogens is 2. The quantitative estimate of drug-likeness (QED) is 0.794. The van der Waals surface area contributed by atoms with Crippen molar-refractivity contribution in [1.29, 1.82) is 0 Å². The van der Waals surface area contributed by atoms with Crippen LogP contribution in [0.1, 0.15) is 40.8 Å². The molecule has 30 heavy (non-hydrogen) atoms. The highest BCUT2D eigenvalue weighted by molar-refractivity contribution is 7.89. The third kappa shape index (κ3) is 3.45. The first kappa shape index (κ1) is 20.7. The van der Waals surface area contributed by atoms with Crippen LogP contribution in [0.15, 0.2) is 28.2 Å². The van der Waals surface area contributed by atoms with Gasteiger partial charge in [0.1, 0.15) is 6.04 Å². The Hall–Kier alpha value is -2.52. The monoisotopic (exact) mass is 430 g/mol. The number of aryl methyl sites for hydroxylation is 3. The molecule has 1 unspecified atom stereocenters. The highest BCUT2D eigenvalue weighted by Crippen LogP contribution is 2.32. The van der Waals surface area contributed by atoms with E-state index in [2.05, 4.69) is 9.97 Å². The third-order valence-corrected chi connectivity index (χ3v) is 8.20. The lowest BCUT2D eigenvalue weighted by atomic mass is 10.1. The van der Waals surface area contributed by atoms with Crippen LogP contribution in [0.3, 0.4) is 0 Å². The predicted molar refractivity (Wildman–Crippen MR) is 112 cm³/mol. The molecule has 9 heteroatoms. The molecule has 2 aliphatic rings. The number of sulfonamides is 1. The molecule has 0 saturated carbocycles. The molecule has 1 fully saturated rings. The van der Waals surface area contributed by atoms with Crippen LogP contribution in [0.4, 0.5) is 0 Å². The molecule has 160 valence electrons. The molecule has 2 aromatic rings. The summed E-state index contributed by atoms with van der Waals surface area (Å²) in [6, 6.07) is 2.99. The fraction of sp³-hybridized carbons (Fsp3) is 0.476. The molecule has 1 aromatic carbocycles. The summed E-state index contributed by atoms with van der Waals surface area (Å²) in [5, 5.41) is 0. The highest BCUT2D eigenvalue weighted by atomic mass is 32.2. The van der Waals surface area contributed by atoms with E-state index in [1.807, 2.05) is 19.1 Å². The van der Waals surface area contributed by atoms with Crippen molar-refractivity contribution in [3.8, 4) is 0 Å². The minimum Gasteiger partial charge on any atom is -0.335 e. The zero-order valence-corrected chi connectivity index (χ0v) is 18.3. The molecule has 1 N–H and O–H groups in total. The molecule has 0 aliphatic carbocycles. The van der Waals surface area contributed by atoms with Gasteiger partial charge in [-0.2, -0.15) is 4.31 Å². The van der Waals surface area contributed by atoms with Gasteiger partial charge in [0, 0.05) is 18.7 Å². The Bertz CT molecular complexity index is 1150. The zero-order valence-electron chi connectivity index (χ0n) is 17.4. The van der Waals surface area contributed by atoms with E-state index in [0.717, 1.165) is 5.56 Å². The molecule has 4 rings (SSSR count). The summed E-state index contributed by atoms with van der Waals surface area (Å²) in [7, 11) is -3.80. The number of rotatable bonds is 3. The zero-order chi connectivity index (χ0) is 21.6. The van der Waals surface area contributed by atoms with E-state index in [-0.39, 0.29) is 18.0 Å². The van der Waals surface area contributed by atoms with Crippen molar-refractivity contribution in [3.05, 3.63) is 56.8 Å². The number of amides is 1. The fourth-order valence-corrected chi connectivity index (χ4v) is 6.80. The summed E-state index contributed by atoms with van der Waals surface area (Å²) >= 11 is 0. The van der Waals surface area contributed by atoms with Gasteiger partial charge in [-0.25, -0.2) is 13.4 Å². The van der Waals surface area contributed by atoms with E-state index < -0.39 is 16.1 Å². The van der Waals surface area contributed by atoms with Crippen LogP contribution < -0.4 is 5.56 Å². The minimum absolute atomic E-state index is 0.178. The molecule has 2 aliphatic heterocycles. The van der Waals surface area contributed by atoms with Crippen LogP contribution in [-0.4, -0.2) is 52.6 Å². The Morgan fingerprint density at radius 1 is 1.17 bits per heavy atom. The van der Waals surface area contributed by atoms with Crippen LogP contribution in [0, 0.1) is 20.8 Å². The van der Waals surface area contributed by atoms with Crippen LogP contribution >= 0.6 is 0 Å². The minimum atomic E-state index is -3.80. The lowest BCUT2D eigenvalue weighted by molar-refractivity contribution is -0.135. The summed E-state index contributed by atoms with van der Waals surface area (Å²) < 4.78 is 28.4. The molecule has 1 atom stereocenters. The van der Waals surface area contributed by atoms with Crippen molar-refractivity contribution < 1.29 is 13.2 Å². The Morgan fingerprint density at radius 3 is 2.57 bits per heavy atom. The molecular formula is C21H26N4O4S. The largest absolute Gasteiger partial charge is 0.335 e. The van der Waals surface area contributed by atoms with Gasteiger partial charge < -0.3 is 9.88 Å². The third-order valence-electron chi connectivity index (χ3n) is 5.98. The highest BCUT2D eigenvalue weighted by Gasteiger charge is 2.42. The number of hydrogen-bond acceptors (Lipinski definition) is 5. The summed E-state index contributed by atoms with van der Waals surface area (Å²) in [4.78, 5) is 33.9. The molecule has 0 bridgehead atoms. The second-order valence-electron chi connectivity index (χ2n) is 8.17. The van der Waals surface area contributed by atoms with Gasteiger partial charge >= 0.3 is 0 Å². The first-order valence-corrected chi connectivity index (χ1v) is 11.6. The average molecular weight is 431 g/mol. The number of H-pyrrole nitrogens is 1. The van der Waals surface area contributed by atoms with Crippen molar-refractivity contribution >= 4 is 15.9 Å². The molecule has 0 radical (unpaired) electrons. The van der Waals surface area contributed by atoms with Crippen molar-refractivity contribution in [2.75, 3.05) is 13.1 Å². The molecule has 3 heterocycles. The number of aromatic amines is 1. The van der Waals surface area contributed by atoms with Gasteiger partial charge in [-0.3, -0.25) is 9.59 Å². The maximum atomic E-state index is 13.5. The van der Waals surface area contributed by atoms with E-state index in [4.69, 9.17) is 0 Å². The molecule has 8 nitrogen and oxygen atoms in total. The van der Waals surface area contributed by atoms with Crippen LogP contribution in [0.2, 0.25) is 0 Å². The summed E-state index contributed by atoms with van der Waals surface area (Å²) in [5.74, 6) is -0.216. The SMILES string of the molecule is Cc1cc(C)c(S(=O)(=O)N2CCCC2C(=O)N2CCc3c(nc[nH]c3=O)C2)c(C)c1. The van der Waals surface area contributed by atoms with E-state index in [9.17, 15) is 18.0 Å². The van der Waals surface area contributed by atoms with E-state index >= 15 is 0 Å². The molecule has 1 aromatic heterocycles.